The van der Waals surface area contributed by atoms with Gasteiger partial charge in [-0.2, -0.15) is 0 Å². The maximum Gasteiger partial charge on any atom is 0.0236 e. The second kappa shape index (κ2) is 7.42. The molecule has 0 spiro atoms. The van der Waals surface area contributed by atoms with Crippen LogP contribution in [0.25, 0.3) is 0 Å². The highest BCUT2D eigenvalue weighted by atomic mass is 15.2. The Morgan fingerprint density at radius 3 is 2.33 bits per heavy atom. The van der Waals surface area contributed by atoms with E-state index in [2.05, 4.69) is 41.4 Å². The third kappa shape index (κ3) is 5.12. The minimum absolute atomic E-state index is 0.892. The van der Waals surface area contributed by atoms with Gasteiger partial charge in [0.05, 0.1) is 0 Å². The van der Waals surface area contributed by atoms with Gasteiger partial charge in [0.2, 0.25) is 0 Å². The Morgan fingerprint density at radius 1 is 1.00 bits per heavy atom. The van der Waals surface area contributed by atoms with Gasteiger partial charge in [0.1, 0.15) is 0 Å². The fourth-order valence-electron chi connectivity index (χ4n) is 2.99. The first-order chi connectivity index (χ1) is 10.3. The van der Waals surface area contributed by atoms with Crippen molar-refractivity contribution in [1.29, 1.82) is 0 Å². The molecular formula is C19H30N2. The molecule has 0 aromatic heterocycles. The largest absolute Gasteiger partial charge is 0.316 e. The maximum atomic E-state index is 3.47. The fourth-order valence-corrected chi connectivity index (χ4v) is 2.99. The van der Waals surface area contributed by atoms with E-state index in [9.17, 15) is 0 Å². The van der Waals surface area contributed by atoms with Gasteiger partial charge in [0, 0.05) is 19.1 Å². The summed E-state index contributed by atoms with van der Waals surface area (Å²) in [6, 6.07) is 10.2. The van der Waals surface area contributed by atoms with Crippen LogP contribution in [0.3, 0.4) is 0 Å². The first-order valence-corrected chi connectivity index (χ1v) is 8.87. The Morgan fingerprint density at radius 2 is 1.71 bits per heavy atom. The topological polar surface area (TPSA) is 15.3 Å². The number of nitrogens with one attached hydrogen (secondary N) is 1. The first-order valence-electron chi connectivity index (χ1n) is 8.87. The van der Waals surface area contributed by atoms with Crippen LogP contribution in [0.5, 0.6) is 0 Å². The summed E-state index contributed by atoms with van der Waals surface area (Å²) in [6.45, 7) is 6.95. The van der Waals surface area contributed by atoms with Crippen molar-refractivity contribution in [2.75, 3.05) is 19.6 Å². The van der Waals surface area contributed by atoms with E-state index in [4.69, 9.17) is 0 Å². The molecule has 0 bridgehead atoms. The molecule has 0 aliphatic heterocycles. The van der Waals surface area contributed by atoms with E-state index >= 15 is 0 Å². The van der Waals surface area contributed by atoms with Crippen LogP contribution < -0.4 is 5.32 Å². The van der Waals surface area contributed by atoms with Gasteiger partial charge in [0.15, 0.2) is 0 Å². The molecule has 2 fully saturated rings. The quantitative estimate of drug-likeness (QED) is 0.661. The van der Waals surface area contributed by atoms with Crippen molar-refractivity contribution in [3.63, 3.8) is 0 Å². The molecule has 21 heavy (non-hydrogen) atoms. The van der Waals surface area contributed by atoms with Crippen molar-refractivity contribution in [2.45, 2.75) is 58.0 Å². The summed E-state index contributed by atoms with van der Waals surface area (Å²) in [6.07, 6.45) is 8.15. The average Bonchev–Trinajstić information content (AvgIpc) is 3.38. The lowest BCUT2D eigenvalue weighted by atomic mass is 10.1. The summed E-state index contributed by atoms with van der Waals surface area (Å²) in [7, 11) is 0. The van der Waals surface area contributed by atoms with Crippen molar-refractivity contribution in [3.8, 4) is 0 Å². The summed E-state index contributed by atoms with van der Waals surface area (Å²) in [4.78, 5) is 2.73. The van der Waals surface area contributed by atoms with Crippen molar-refractivity contribution in [2.24, 2.45) is 5.92 Å². The van der Waals surface area contributed by atoms with Crippen LogP contribution in [0, 0.1) is 5.92 Å². The van der Waals surface area contributed by atoms with Crippen molar-refractivity contribution in [3.05, 3.63) is 35.4 Å². The standard InChI is InChI=1S/C19H30N2/c1-2-12-20-13-11-16-3-5-17(6-4-16)14-21(19-9-10-19)15-18-7-8-18/h3-6,18-20H,2,7-15H2,1H3. The van der Waals surface area contributed by atoms with E-state index < -0.39 is 0 Å². The highest BCUT2D eigenvalue weighted by molar-refractivity contribution is 5.23. The average molecular weight is 286 g/mol. The van der Waals surface area contributed by atoms with Gasteiger partial charge in [-0.25, -0.2) is 0 Å². The van der Waals surface area contributed by atoms with Crippen LogP contribution >= 0.6 is 0 Å². The minimum Gasteiger partial charge on any atom is -0.316 e. The molecule has 2 saturated carbocycles. The van der Waals surface area contributed by atoms with Crippen molar-refractivity contribution < 1.29 is 0 Å². The molecule has 1 N–H and O–H groups in total. The number of benzene rings is 1. The Bertz CT molecular complexity index is 418. The molecule has 0 unspecified atom stereocenters. The van der Waals surface area contributed by atoms with Gasteiger partial charge >= 0.3 is 0 Å². The normalized spacial score (nSPS) is 18.4. The van der Waals surface area contributed by atoms with E-state index in [0.29, 0.717) is 0 Å². The highest BCUT2D eigenvalue weighted by Gasteiger charge is 2.33. The molecule has 2 aliphatic carbocycles. The summed E-state index contributed by atoms with van der Waals surface area (Å²) < 4.78 is 0. The molecule has 1 aromatic carbocycles. The zero-order valence-electron chi connectivity index (χ0n) is 13.5. The van der Waals surface area contributed by atoms with Gasteiger partial charge in [-0.3, -0.25) is 4.90 Å². The monoisotopic (exact) mass is 286 g/mol. The second-order valence-corrected chi connectivity index (χ2v) is 6.92. The van der Waals surface area contributed by atoms with E-state index in [-0.39, 0.29) is 0 Å². The lowest BCUT2D eigenvalue weighted by molar-refractivity contribution is 0.244. The van der Waals surface area contributed by atoms with Crippen molar-refractivity contribution >= 4 is 0 Å². The van der Waals surface area contributed by atoms with E-state index in [0.717, 1.165) is 38.0 Å². The van der Waals surface area contributed by atoms with Crippen LogP contribution in [0.4, 0.5) is 0 Å². The molecule has 0 heterocycles. The third-order valence-corrected chi connectivity index (χ3v) is 4.68. The van der Waals surface area contributed by atoms with Crippen LogP contribution in [-0.2, 0) is 13.0 Å². The SMILES string of the molecule is CCCNCCc1ccc(CN(CC2CC2)C2CC2)cc1. The number of hydrogen-bond donors (Lipinski definition) is 1. The van der Waals surface area contributed by atoms with E-state index in [1.807, 2.05) is 0 Å². The Hall–Kier alpha value is -0.860. The smallest absolute Gasteiger partial charge is 0.0236 e. The summed E-state index contributed by atoms with van der Waals surface area (Å²) in [5.74, 6) is 1.01. The van der Waals surface area contributed by atoms with Crippen LogP contribution in [-0.4, -0.2) is 30.6 Å². The number of hydrogen-bond acceptors (Lipinski definition) is 2. The van der Waals surface area contributed by atoms with Crippen molar-refractivity contribution in [1.82, 2.24) is 10.2 Å². The zero-order valence-corrected chi connectivity index (χ0v) is 13.5. The van der Waals surface area contributed by atoms with E-state index in [1.165, 1.54) is 49.8 Å². The predicted molar refractivity (Wildman–Crippen MR) is 89.5 cm³/mol. The molecule has 0 atom stereocenters. The molecule has 0 radical (unpaired) electrons. The van der Waals surface area contributed by atoms with Crippen LogP contribution in [0.1, 0.15) is 50.2 Å². The Balaban J connectivity index is 1.46. The van der Waals surface area contributed by atoms with Crippen LogP contribution in [0.15, 0.2) is 24.3 Å². The zero-order chi connectivity index (χ0) is 14.5. The van der Waals surface area contributed by atoms with Gasteiger partial charge < -0.3 is 5.32 Å². The van der Waals surface area contributed by atoms with Gasteiger partial charge in [0.25, 0.3) is 0 Å². The third-order valence-electron chi connectivity index (χ3n) is 4.68. The van der Waals surface area contributed by atoms with Gasteiger partial charge in [-0.15, -0.1) is 0 Å². The Labute approximate surface area is 129 Å². The summed E-state index contributed by atoms with van der Waals surface area (Å²) >= 11 is 0. The highest BCUT2D eigenvalue weighted by Crippen LogP contribution is 2.35. The number of nitrogens with zero attached hydrogens (tertiary/aromatic N) is 1. The minimum atomic E-state index is 0.892. The Kier molecular flexibility index (Phi) is 5.32. The fraction of sp³-hybridized carbons (Fsp3) is 0.684. The molecule has 2 heteroatoms. The summed E-state index contributed by atoms with van der Waals surface area (Å²) in [5, 5.41) is 3.47. The molecular weight excluding hydrogens is 256 g/mol. The molecule has 116 valence electrons. The maximum absolute atomic E-state index is 3.47. The first kappa shape index (κ1) is 15.1. The van der Waals surface area contributed by atoms with Gasteiger partial charge in [-0.05, 0) is 68.7 Å². The van der Waals surface area contributed by atoms with Gasteiger partial charge in [-0.1, -0.05) is 31.2 Å². The lowest BCUT2D eigenvalue weighted by Gasteiger charge is -2.22. The summed E-state index contributed by atoms with van der Waals surface area (Å²) in [5.41, 5.74) is 2.95. The molecule has 3 rings (SSSR count). The second-order valence-electron chi connectivity index (χ2n) is 6.92. The molecule has 0 saturated heterocycles. The van der Waals surface area contributed by atoms with Crippen LogP contribution in [0.2, 0.25) is 0 Å². The molecule has 1 aromatic rings. The molecule has 0 amide bonds. The number of rotatable bonds is 10. The molecule has 2 nitrogen and oxygen atoms in total. The lowest BCUT2D eigenvalue weighted by Crippen LogP contribution is -2.27. The predicted octanol–water partition coefficient (Wildman–Crippen LogP) is 3.60. The van der Waals surface area contributed by atoms with E-state index in [1.54, 1.807) is 0 Å². The molecule has 2 aliphatic rings.